The lowest BCUT2D eigenvalue weighted by atomic mass is 10.8. The molecule has 0 fully saturated rings. The minimum absolute atomic E-state index is 0.276. The number of hydrogen-bond donors (Lipinski definition) is 0. The molecule has 0 unspecified atom stereocenters. The Bertz CT molecular complexity index is 149. The first kappa shape index (κ1) is 9.80. The minimum Gasteiger partial charge on any atom is -0.196 e. The summed E-state index contributed by atoms with van der Waals surface area (Å²) >= 11 is 0. The molecule has 0 aliphatic heterocycles. The van der Waals surface area contributed by atoms with Crippen molar-refractivity contribution in [3.8, 4) is 0 Å². The fourth-order valence-corrected chi connectivity index (χ4v) is 0.354. The Balaban J connectivity index is 3.23. The lowest BCUT2D eigenvalue weighted by Crippen LogP contribution is -1.73. The van der Waals surface area contributed by atoms with Gasteiger partial charge in [-0.2, -0.15) is 30.7 Å². The second-order valence-corrected chi connectivity index (χ2v) is 1.51. The molecule has 0 spiro atoms. The molecule has 0 bridgehead atoms. The topological polar surface area (TPSA) is 74.2 Å². The van der Waals surface area contributed by atoms with Gasteiger partial charge in [-0.15, -0.1) is 0 Å². The van der Waals surface area contributed by atoms with Crippen molar-refractivity contribution in [3.63, 3.8) is 0 Å². The molecule has 6 heteroatoms. The molecule has 0 aliphatic carbocycles. The maximum Gasteiger partial charge on any atom is 0.170 e. The Hall–Kier alpha value is -1.20. The van der Waals surface area contributed by atoms with Crippen molar-refractivity contribution >= 4 is 0 Å². The maximum atomic E-state index is 3.71. The molecule has 0 aromatic carbocycles. The Morgan fingerprint density at radius 3 is 1.91 bits per heavy atom. The third-order valence-corrected chi connectivity index (χ3v) is 0.736. The zero-order valence-electron chi connectivity index (χ0n) is 6.80. The highest BCUT2D eigenvalue weighted by molar-refractivity contribution is 4.32. The van der Waals surface area contributed by atoms with Crippen LogP contribution in [0.5, 0.6) is 0 Å². The van der Waals surface area contributed by atoms with E-state index in [1.165, 1.54) is 0 Å². The molecule has 0 heterocycles. The zero-order valence-corrected chi connectivity index (χ0v) is 6.80. The summed E-state index contributed by atoms with van der Waals surface area (Å²) in [7, 11) is 1.59. The minimum atomic E-state index is 0.276. The number of rotatable bonds is 5. The Labute approximate surface area is 65.5 Å². The average Bonchev–Trinajstić information content (AvgIpc) is 2.03. The van der Waals surface area contributed by atoms with Gasteiger partial charge in [-0.1, -0.05) is 0 Å². The third-order valence-electron chi connectivity index (χ3n) is 0.736. The van der Waals surface area contributed by atoms with E-state index in [1.54, 1.807) is 7.05 Å². The second kappa shape index (κ2) is 8.80. The molecule has 0 aliphatic rings. The van der Waals surface area contributed by atoms with Crippen molar-refractivity contribution in [1.29, 1.82) is 0 Å². The van der Waals surface area contributed by atoms with E-state index in [-0.39, 0.29) is 13.3 Å². The van der Waals surface area contributed by atoms with E-state index < -0.39 is 0 Å². The van der Waals surface area contributed by atoms with Crippen LogP contribution in [-0.2, 0) is 0 Å². The quantitative estimate of drug-likeness (QED) is 0.545. The van der Waals surface area contributed by atoms with Gasteiger partial charge in [-0.05, 0) is 6.92 Å². The molecule has 6 nitrogen and oxygen atoms in total. The summed E-state index contributed by atoms with van der Waals surface area (Å²) in [5.74, 6) is 0. The molecule has 0 aromatic heterocycles. The highest BCUT2D eigenvalue weighted by Gasteiger charge is 1.72. The molecule has 0 amide bonds. The maximum absolute atomic E-state index is 3.71. The zero-order chi connectivity index (χ0) is 8.36. The monoisotopic (exact) mass is 156 g/mol. The summed E-state index contributed by atoms with van der Waals surface area (Å²) in [6, 6.07) is 0. The van der Waals surface area contributed by atoms with Gasteiger partial charge in [0.15, 0.2) is 13.3 Å². The van der Waals surface area contributed by atoms with Gasteiger partial charge in [0.2, 0.25) is 0 Å². The summed E-state index contributed by atoms with van der Waals surface area (Å²) in [4.78, 5) is 0. The Morgan fingerprint density at radius 1 is 0.818 bits per heavy atom. The third kappa shape index (κ3) is 8.80. The van der Waals surface area contributed by atoms with Gasteiger partial charge in [0, 0.05) is 7.05 Å². The fourth-order valence-electron chi connectivity index (χ4n) is 0.354. The highest BCUT2D eigenvalue weighted by atomic mass is 15.3. The summed E-state index contributed by atoms with van der Waals surface area (Å²) in [6.45, 7) is 3.15. The van der Waals surface area contributed by atoms with E-state index in [1.807, 2.05) is 6.92 Å². The first-order chi connectivity index (χ1) is 5.41. The molecule has 0 saturated carbocycles. The predicted octanol–water partition coefficient (Wildman–Crippen LogP) is 1.91. The van der Waals surface area contributed by atoms with Gasteiger partial charge in [0.05, 0.1) is 6.54 Å². The van der Waals surface area contributed by atoms with E-state index >= 15 is 0 Å². The van der Waals surface area contributed by atoms with Gasteiger partial charge >= 0.3 is 0 Å². The van der Waals surface area contributed by atoms with E-state index in [0.717, 1.165) is 0 Å². The molecular weight excluding hydrogens is 144 g/mol. The van der Waals surface area contributed by atoms with Crippen LogP contribution in [0.3, 0.4) is 0 Å². The van der Waals surface area contributed by atoms with E-state index in [0.29, 0.717) is 6.54 Å². The van der Waals surface area contributed by atoms with Crippen LogP contribution in [0.15, 0.2) is 30.7 Å². The van der Waals surface area contributed by atoms with Crippen molar-refractivity contribution in [2.75, 3.05) is 26.9 Å². The van der Waals surface area contributed by atoms with Crippen LogP contribution in [-0.4, -0.2) is 26.9 Å². The highest BCUT2D eigenvalue weighted by Crippen LogP contribution is 1.81. The average molecular weight is 156 g/mol. The summed E-state index contributed by atoms with van der Waals surface area (Å²) in [6.07, 6.45) is 0. The standard InChI is InChI=1S/C5H12N6/c1-3-7-9-5-11-10-4-8-6-2/h3-5H2,1-2H3. The molecule has 11 heavy (non-hydrogen) atoms. The van der Waals surface area contributed by atoms with Crippen LogP contribution in [0.2, 0.25) is 0 Å². The second-order valence-electron chi connectivity index (χ2n) is 1.51. The fraction of sp³-hybridized carbons (Fsp3) is 1.00. The predicted molar refractivity (Wildman–Crippen MR) is 40.8 cm³/mol. The van der Waals surface area contributed by atoms with Crippen molar-refractivity contribution < 1.29 is 0 Å². The number of azo groups is 3. The number of nitrogens with zero attached hydrogens (tertiary/aromatic N) is 6. The van der Waals surface area contributed by atoms with Crippen molar-refractivity contribution in [2.24, 2.45) is 30.7 Å². The largest absolute Gasteiger partial charge is 0.196 e. The molecule has 0 N–H and O–H groups in total. The van der Waals surface area contributed by atoms with Gasteiger partial charge < -0.3 is 0 Å². The Kier molecular flexibility index (Phi) is 7.84. The van der Waals surface area contributed by atoms with Gasteiger partial charge in [0.1, 0.15) is 0 Å². The normalized spacial score (nSPS) is 12.5. The van der Waals surface area contributed by atoms with Gasteiger partial charge in [-0.25, -0.2) is 0 Å². The van der Waals surface area contributed by atoms with Crippen LogP contribution in [0.25, 0.3) is 0 Å². The molecule has 0 aromatic rings. The molecular formula is C5H12N6. The van der Waals surface area contributed by atoms with E-state index in [4.69, 9.17) is 0 Å². The Morgan fingerprint density at radius 2 is 1.36 bits per heavy atom. The van der Waals surface area contributed by atoms with Crippen LogP contribution < -0.4 is 0 Å². The summed E-state index contributed by atoms with van der Waals surface area (Å²) < 4.78 is 0. The van der Waals surface area contributed by atoms with Crippen LogP contribution in [0.4, 0.5) is 0 Å². The van der Waals surface area contributed by atoms with Crippen LogP contribution in [0.1, 0.15) is 6.92 Å². The lowest BCUT2D eigenvalue weighted by Gasteiger charge is -1.81. The van der Waals surface area contributed by atoms with Crippen molar-refractivity contribution in [2.45, 2.75) is 6.92 Å². The SMILES string of the molecule is CCN=NCN=NCN=NC. The van der Waals surface area contributed by atoms with E-state index in [2.05, 4.69) is 30.7 Å². The van der Waals surface area contributed by atoms with Gasteiger partial charge in [0.25, 0.3) is 0 Å². The van der Waals surface area contributed by atoms with Crippen LogP contribution >= 0.6 is 0 Å². The molecule has 0 rings (SSSR count). The summed E-state index contributed by atoms with van der Waals surface area (Å²) in [5, 5.41) is 21.8. The lowest BCUT2D eigenvalue weighted by molar-refractivity contribution is 0.794. The molecule has 0 atom stereocenters. The first-order valence-corrected chi connectivity index (χ1v) is 3.34. The van der Waals surface area contributed by atoms with Gasteiger partial charge in [-0.3, -0.25) is 0 Å². The molecule has 0 saturated heterocycles. The molecule has 62 valence electrons. The number of hydrogen-bond acceptors (Lipinski definition) is 6. The van der Waals surface area contributed by atoms with Crippen molar-refractivity contribution in [1.82, 2.24) is 0 Å². The first-order valence-electron chi connectivity index (χ1n) is 3.34. The van der Waals surface area contributed by atoms with E-state index in [9.17, 15) is 0 Å². The summed E-state index contributed by atoms with van der Waals surface area (Å²) in [5.41, 5.74) is 0. The smallest absolute Gasteiger partial charge is 0.170 e. The van der Waals surface area contributed by atoms with Crippen LogP contribution in [0, 0.1) is 0 Å². The van der Waals surface area contributed by atoms with Crippen molar-refractivity contribution in [3.05, 3.63) is 0 Å². The molecule has 0 radical (unpaired) electrons.